The monoisotopic (exact) mass is 403 g/mol. The number of carbonyl (C=O) groups is 1. The van der Waals surface area contributed by atoms with Gasteiger partial charge >= 0.3 is 0 Å². The summed E-state index contributed by atoms with van der Waals surface area (Å²) in [5, 5.41) is 10.0. The highest BCUT2D eigenvalue weighted by molar-refractivity contribution is 7.80. The Balaban J connectivity index is 1.60. The van der Waals surface area contributed by atoms with Crippen LogP contribution in [0.3, 0.4) is 0 Å². The summed E-state index contributed by atoms with van der Waals surface area (Å²) in [6, 6.07) is 25.2. The fourth-order valence-corrected chi connectivity index (χ4v) is 3.24. The fraction of sp³-hybridized carbons (Fsp3) is 0.167. The van der Waals surface area contributed by atoms with Crippen LogP contribution in [-0.4, -0.2) is 11.0 Å². The summed E-state index contributed by atoms with van der Waals surface area (Å²) < 4.78 is 0. The van der Waals surface area contributed by atoms with Crippen LogP contribution in [0.4, 0.5) is 11.4 Å². The van der Waals surface area contributed by atoms with Crippen LogP contribution in [0, 0.1) is 0 Å². The molecule has 0 fully saturated rings. The van der Waals surface area contributed by atoms with E-state index in [9.17, 15) is 4.79 Å². The van der Waals surface area contributed by atoms with E-state index in [1.807, 2.05) is 61.5 Å². The van der Waals surface area contributed by atoms with Gasteiger partial charge in [-0.25, -0.2) is 0 Å². The van der Waals surface area contributed by atoms with Crippen molar-refractivity contribution < 1.29 is 4.79 Å². The van der Waals surface area contributed by atoms with E-state index < -0.39 is 0 Å². The number of benzene rings is 3. The van der Waals surface area contributed by atoms with Gasteiger partial charge < -0.3 is 16.0 Å². The Labute approximate surface area is 177 Å². The summed E-state index contributed by atoms with van der Waals surface area (Å²) in [5.74, 6) is -0.129. The molecule has 0 saturated heterocycles. The number of aryl methyl sites for hydroxylation is 1. The van der Waals surface area contributed by atoms with Gasteiger partial charge in [0.2, 0.25) is 0 Å². The Morgan fingerprint density at radius 3 is 2.31 bits per heavy atom. The molecule has 0 spiro atoms. The third-order valence-corrected chi connectivity index (χ3v) is 4.87. The molecule has 4 nitrogen and oxygen atoms in total. The van der Waals surface area contributed by atoms with Crippen LogP contribution >= 0.6 is 12.2 Å². The van der Waals surface area contributed by atoms with Gasteiger partial charge in [-0.3, -0.25) is 4.79 Å². The van der Waals surface area contributed by atoms with Gasteiger partial charge in [0.25, 0.3) is 5.91 Å². The van der Waals surface area contributed by atoms with Crippen LogP contribution in [0.15, 0.2) is 78.9 Å². The lowest BCUT2D eigenvalue weighted by Gasteiger charge is -2.18. The Morgan fingerprint density at radius 1 is 0.897 bits per heavy atom. The molecule has 0 radical (unpaired) electrons. The van der Waals surface area contributed by atoms with Gasteiger partial charge in [0, 0.05) is 16.9 Å². The third kappa shape index (κ3) is 5.90. The molecule has 0 aliphatic carbocycles. The largest absolute Gasteiger partial charge is 0.356 e. The topological polar surface area (TPSA) is 53.2 Å². The molecule has 0 heterocycles. The normalized spacial score (nSPS) is 11.4. The molecular weight excluding hydrogens is 378 g/mol. The van der Waals surface area contributed by atoms with Crippen molar-refractivity contribution in [3.63, 3.8) is 0 Å². The maximum Gasteiger partial charge on any atom is 0.255 e. The second kappa shape index (κ2) is 9.85. The number of rotatable bonds is 6. The maximum atomic E-state index is 12.4. The number of hydrogen-bond donors (Lipinski definition) is 3. The van der Waals surface area contributed by atoms with Gasteiger partial charge in [0.1, 0.15) is 0 Å². The predicted molar refractivity (Wildman–Crippen MR) is 124 cm³/mol. The van der Waals surface area contributed by atoms with Crippen molar-refractivity contribution in [3.8, 4) is 0 Å². The lowest BCUT2D eigenvalue weighted by molar-refractivity contribution is 0.102. The van der Waals surface area contributed by atoms with Gasteiger partial charge in [-0.15, -0.1) is 0 Å². The summed E-state index contributed by atoms with van der Waals surface area (Å²) in [4.78, 5) is 12.4. The van der Waals surface area contributed by atoms with E-state index in [1.165, 1.54) is 5.56 Å². The number of anilines is 2. The molecule has 0 bridgehead atoms. The first kappa shape index (κ1) is 20.6. The van der Waals surface area contributed by atoms with Crippen molar-refractivity contribution in [3.05, 3.63) is 95.6 Å². The summed E-state index contributed by atoms with van der Waals surface area (Å²) in [5.41, 5.74) is 4.65. The first-order chi connectivity index (χ1) is 14.0. The van der Waals surface area contributed by atoms with Crippen molar-refractivity contribution >= 4 is 34.6 Å². The fourth-order valence-electron chi connectivity index (χ4n) is 2.95. The minimum absolute atomic E-state index is 0.0153. The molecule has 3 aromatic rings. The van der Waals surface area contributed by atoms with Crippen LogP contribution in [0.2, 0.25) is 0 Å². The van der Waals surface area contributed by atoms with Crippen LogP contribution in [-0.2, 0) is 6.42 Å². The van der Waals surface area contributed by atoms with E-state index in [1.54, 1.807) is 12.1 Å². The SMILES string of the molecule is CCc1ccc(NC(=S)NC(C)c2cccc(NC(=O)c3ccccc3)c2)cc1. The van der Waals surface area contributed by atoms with E-state index in [0.717, 1.165) is 23.4 Å². The van der Waals surface area contributed by atoms with Crippen molar-refractivity contribution in [1.29, 1.82) is 0 Å². The number of carbonyl (C=O) groups excluding carboxylic acids is 1. The Morgan fingerprint density at radius 2 is 1.62 bits per heavy atom. The molecule has 1 amide bonds. The minimum atomic E-state index is -0.129. The van der Waals surface area contributed by atoms with Crippen LogP contribution in [0.25, 0.3) is 0 Å². The zero-order valence-electron chi connectivity index (χ0n) is 16.6. The molecule has 0 saturated carbocycles. The Kier molecular flexibility index (Phi) is 6.98. The van der Waals surface area contributed by atoms with Gasteiger partial charge in [-0.2, -0.15) is 0 Å². The van der Waals surface area contributed by atoms with Crippen molar-refractivity contribution in [2.75, 3.05) is 10.6 Å². The van der Waals surface area contributed by atoms with Crippen LogP contribution in [0.1, 0.15) is 41.4 Å². The lowest BCUT2D eigenvalue weighted by atomic mass is 10.1. The molecule has 29 heavy (non-hydrogen) atoms. The Bertz CT molecular complexity index is 971. The molecule has 3 rings (SSSR count). The summed E-state index contributed by atoms with van der Waals surface area (Å²) in [7, 11) is 0. The highest BCUT2D eigenvalue weighted by atomic mass is 32.1. The van der Waals surface area contributed by atoms with E-state index in [2.05, 4.69) is 35.0 Å². The van der Waals surface area contributed by atoms with Crippen molar-refractivity contribution in [2.45, 2.75) is 26.3 Å². The number of nitrogens with one attached hydrogen (secondary N) is 3. The van der Waals surface area contributed by atoms with E-state index in [-0.39, 0.29) is 11.9 Å². The molecule has 1 atom stereocenters. The summed E-state index contributed by atoms with van der Waals surface area (Å²) in [6.45, 7) is 4.17. The Hall–Kier alpha value is -3.18. The molecule has 1 unspecified atom stereocenters. The predicted octanol–water partition coefficient (Wildman–Crippen LogP) is 5.55. The first-order valence-electron chi connectivity index (χ1n) is 9.68. The van der Waals surface area contributed by atoms with Crippen molar-refractivity contribution in [1.82, 2.24) is 5.32 Å². The van der Waals surface area contributed by atoms with Gasteiger partial charge in [0.05, 0.1) is 6.04 Å². The van der Waals surface area contributed by atoms with E-state index in [0.29, 0.717) is 10.7 Å². The average molecular weight is 404 g/mol. The second-order valence-corrected chi connectivity index (χ2v) is 7.22. The smallest absolute Gasteiger partial charge is 0.255 e. The molecule has 3 N–H and O–H groups in total. The molecule has 0 aliphatic heterocycles. The third-order valence-electron chi connectivity index (χ3n) is 4.65. The summed E-state index contributed by atoms with van der Waals surface area (Å²) in [6.07, 6.45) is 1.01. The second-order valence-electron chi connectivity index (χ2n) is 6.82. The van der Waals surface area contributed by atoms with Crippen LogP contribution < -0.4 is 16.0 Å². The quantitative estimate of drug-likeness (QED) is 0.473. The number of amides is 1. The molecule has 0 aliphatic rings. The maximum absolute atomic E-state index is 12.4. The van der Waals surface area contributed by atoms with Crippen molar-refractivity contribution in [2.24, 2.45) is 0 Å². The van der Waals surface area contributed by atoms with Gasteiger partial charge in [0.15, 0.2) is 5.11 Å². The number of thiocarbonyl (C=S) groups is 1. The van der Waals surface area contributed by atoms with E-state index in [4.69, 9.17) is 12.2 Å². The van der Waals surface area contributed by atoms with E-state index >= 15 is 0 Å². The number of hydrogen-bond acceptors (Lipinski definition) is 2. The highest BCUT2D eigenvalue weighted by Crippen LogP contribution is 2.19. The molecule has 148 valence electrons. The zero-order valence-corrected chi connectivity index (χ0v) is 17.4. The molecule has 3 aromatic carbocycles. The molecule has 5 heteroatoms. The first-order valence-corrected chi connectivity index (χ1v) is 10.1. The zero-order chi connectivity index (χ0) is 20.6. The minimum Gasteiger partial charge on any atom is -0.356 e. The lowest BCUT2D eigenvalue weighted by Crippen LogP contribution is -2.30. The summed E-state index contributed by atoms with van der Waals surface area (Å²) >= 11 is 5.45. The van der Waals surface area contributed by atoms with Gasteiger partial charge in [-0.05, 0) is 73.1 Å². The molecule has 0 aromatic heterocycles. The standard InChI is InChI=1S/C24H25N3OS/c1-3-18-12-14-21(15-13-18)27-24(29)25-17(2)20-10-7-11-22(16-20)26-23(28)19-8-5-4-6-9-19/h4-17H,3H2,1-2H3,(H,26,28)(H2,25,27,29). The molecular formula is C24H25N3OS. The van der Waals surface area contributed by atoms with Gasteiger partial charge in [-0.1, -0.05) is 49.4 Å². The van der Waals surface area contributed by atoms with Crippen LogP contribution in [0.5, 0.6) is 0 Å². The highest BCUT2D eigenvalue weighted by Gasteiger charge is 2.10. The average Bonchev–Trinajstić information content (AvgIpc) is 2.75.